The molecule has 0 unspecified atom stereocenters. The molecule has 4 aromatic rings. The lowest BCUT2D eigenvalue weighted by molar-refractivity contribution is 0.0937. The van der Waals surface area contributed by atoms with Crippen LogP contribution < -0.4 is 14.8 Å². The molecule has 0 radical (unpaired) electrons. The number of benzene rings is 1. The van der Waals surface area contributed by atoms with Crippen LogP contribution in [0.15, 0.2) is 47.0 Å². The predicted octanol–water partition coefficient (Wildman–Crippen LogP) is 1.91. The number of aromatic nitrogens is 5. The van der Waals surface area contributed by atoms with Crippen molar-refractivity contribution in [3.05, 3.63) is 53.9 Å². The zero-order valence-corrected chi connectivity index (χ0v) is 15.8. The Hall–Kier alpha value is -3.95. The van der Waals surface area contributed by atoms with Crippen molar-refractivity contribution in [1.29, 1.82) is 0 Å². The Labute approximate surface area is 165 Å². The number of hydrogen-bond donors (Lipinski definition) is 1. The molecule has 10 heteroatoms. The zero-order chi connectivity index (χ0) is 20.2. The molecule has 0 aliphatic rings. The molecule has 10 nitrogen and oxygen atoms in total. The Morgan fingerprint density at radius 3 is 2.90 bits per heavy atom. The van der Waals surface area contributed by atoms with Crippen LogP contribution in [0.25, 0.3) is 17.0 Å². The van der Waals surface area contributed by atoms with Gasteiger partial charge in [0.2, 0.25) is 5.88 Å². The maximum atomic E-state index is 11.9. The molecule has 1 aromatic carbocycles. The molecule has 4 rings (SSSR count). The van der Waals surface area contributed by atoms with Gasteiger partial charge in [0.1, 0.15) is 18.1 Å². The van der Waals surface area contributed by atoms with Crippen molar-refractivity contribution in [2.75, 3.05) is 20.3 Å². The van der Waals surface area contributed by atoms with Crippen LogP contribution >= 0.6 is 0 Å². The summed E-state index contributed by atoms with van der Waals surface area (Å²) in [6.07, 6.45) is 0. The lowest BCUT2D eigenvalue weighted by Crippen LogP contribution is -2.28. The molecular weight excluding hydrogens is 376 g/mol. The van der Waals surface area contributed by atoms with Crippen molar-refractivity contribution in [2.45, 2.75) is 6.92 Å². The Morgan fingerprint density at radius 1 is 1.21 bits per heavy atom. The third kappa shape index (κ3) is 4.00. The minimum absolute atomic E-state index is 0.231. The Morgan fingerprint density at radius 2 is 2.10 bits per heavy atom. The van der Waals surface area contributed by atoms with Crippen LogP contribution in [0.4, 0.5) is 0 Å². The molecule has 3 heterocycles. The van der Waals surface area contributed by atoms with Crippen LogP contribution in [-0.4, -0.2) is 51.1 Å². The normalized spacial score (nSPS) is 10.8. The van der Waals surface area contributed by atoms with E-state index in [9.17, 15) is 4.79 Å². The van der Waals surface area contributed by atoms with E-state index in [4.69, 9.17) is 14.0 Å². The number of fused-ring (bicyclic) bond motifs is 1. The average molecular weight is 394 g/mol. The number of aryl methyl sites for hydroxylation is 1. The number of carbonyl (C=O) groups excluding carboxylic acids is 1. The van der Waals surface area contributed by atoms with E-state index in [0.29, 0.717) is 28.9 Å². The monoisotopic (exact) mass is 394 g/mol. The van der Waals surface area contributed by atoms with Crippen molar-refractivity contribution in [1.82, 2.24) is 30.3 Å². The highest BCUT2D eigenvalue weighted by atomic mass is 16.5. The van der Waals surface area contributed by atoms with E-state index in [1.54, 1.807) is 36.7 Å². The highest BCUT2D eigenvalue weighted by molar-refractivity contribution is 5.92. The second kappa shape index (κ2) is 7.97. The number of rotatable bonds is 7. The fourth-order valence-electron chi connectivity index (χ4n) is 2.68. The Balaban J connectivity index is 1.42. The fraction of sp³-hybridized carbons (Fsp3) is 0.211. The lowest BCUT2D eigenvalue weighted by atomic mass is 10.2. The molecule has 0 spiro atoms. The number of nitrogens with one attached hydrogen (secondary N) is 1. The van der Waals surface area contributed by atoms with Crippen molar-refractivity contribution in [3.8, 4) is 23.0 Å². The number of hydrogen-bond acceptors (Lipinski definition) is 8. The van der Waals surface area contributed by atoms with Gasteiger partial charge in [-0.2, -0.15) is 4.52 Å². The topological polar surface area (TPSA) is 117 Å². The van der Waals surface area contributed by atoms with E-state index in [-0.39, 0.29) is 24.8 Å². The smallest absolute Gasteiger partial charge is 0.273 e. The second-order valence-corrected chi connectivity index (χ2v) is 6.12. The van der Waals surface area contributed by atoms with Gasteiger partial charge in [-0.15, -0.1) is 15.3 Å². The summed E-state index contributed by atoms with van der Waals surface area (Å²) in [7, 11) is 1.60. The van der Waals surface area contributed by atoms with Crippen LogP contribution in [0.5, 0.6) is 11.6 Å². The number of amides is 1. The van der Waals surface area contributed by atoms with Crippen molar-refractivity contribution in [2.24, 2.45) is 0 Å². The van der Waals surface area contributed by atoms with E-state index >= 15 is 0 Å². The standard InChI is InChI=1S/C19H18N6O4/c1-12-10-15(24-29-12)19(26)20-8-9-28-17-7-6-16-21-22-18(25(16)23-17)13-4-3-5-14(11-13)27-2/h3-7,10-11H,8-9H2,1-2H3,(H,20,26). The maximum absolute atomic E-state index is 11.9. The second-order valence-electron chi connectivity index (χ2n) is 6.12. The molecule has 0 bridgehead atoms. The van der Waals surface area contributed by atoms with E-state index in [1.807, 2.05) is 24.3 Å². The first-order chi connectivity index (χ1) is 14.1. The van der Waals surface area contributed by atoms with Crippen LogP contribution in [0.2, 0.25) is 0 Å². The number of ether oxygens (including phenoxy) is 2. The zero-order valence-electron chi connectivity index (χ0n) is 15.8. The number of methoxy groups -OCH3 is 1. The van der Waals surface area contributed by atoms with Gasteiger partial charge < -0.3 is 19.3 Å². The lowest BCUT2D eigenvalue weighted by Gasteiger charge is -2.07. The van der Waals surface area contributed by atoms with Crippen molar-refractivity contribution in [3.63, 3.8) is 0 Å². The van der Waals surface area contributed by atoms with Gasteiger partial charge in [-0.1, -0.05) is 17.3 Å². The summed E-state index contributed by atoms with van der Waals surface area (Å²) in [5.74, 6) is 1.91. The van der Waals surface area contributed by atoms with Gasteiger partial charge >= 0.3 is 0 Å². The highest BCUT2D eigenvalue weighted by Gasteiger charge is 2.12. The molecule has 0 aliphatic heterocycles. The summed E-state index contributed by atoms with van der Waals surface area (Å²) >= 11 is 0. The minimum Gasteiger partial charge on any atom is -0.497 e. The quantitative estimate of drug-likeness (QED) is 0.473. The van der Waals surface area contributed by atoms with Gasteiger partial charge in [-0.05, 0) is 25.1 Å². The largest absolute Gasteiger partial charge is 0.497 e. The van der Waals surface area contributed by atoms with Crippen LogP contribution in [0.3, 0.4) is 0 Å². The summed E-state index contributed by atoms with van der Waals surface area (Å²) in [6.45, 7) is 2.24. The summed E-state index contributed by atoms with van der Waals surface area (Å²) < 4.78 is 17.4. The minimum atomic E-state index is -0.326. The summed E-state index contributed by atoms with van der Waals surface area (Å²) in [5.41, 5.74) is 1.64. The first-order valence-electron chi connectivity index (χ1n) is 8.85. The Kier molecular flexibility index (Phi) is 5.06. The average Bonchev–Trinajstić information content (AvgIpc) is 3.37. The van der Waals surface area contributed by atoms with Crippen molar-refractivity contribution < 1.29 is 18.8 Å². The molecule has 0 saturated heterocycles. The summed E-state index contributed by atoms with van der Waals surface area (Å²) in [6, 6.07) is 12.5. The third-order valence-electron chi connectivity index (χ3n) is 4.06. The first-order valence-corrected chi connectivity index (χ1v) is 8.85. The van der Waals surface area contributed by atoms with Crippen molar-refractivity contribution >= 4 is 11.6 Å². The molecule has 0 saturated carbocycles. The molecule has 1 N–H and O–H groups in total. The number of nitrogens with zero attached hydrogens (tertiary/aromatic N) is 5. The first kappa shape index (κ1) is 18.4. The SMILES string of the molecule is COc1cccc(-c2nnc3ccc(OCCNC(=O)c4cc(C)on4)nn23)c1. The summed E-state index contributed by atoms with van der Waals surface area (Å²) in [5, 5.41) is 19.1. The van der Waals surface area contributed by atoms with E-state index in [0.717, 1.165) is 5.56 Å². The molecule has 3 aromatic heterocycles. The molecule has 148 valence electrons. The number of carbonyl (C=O) groups is 1. The maximum Gasteiger partial charge on any atom is 0.273 e. The summed E-state index contributed by atoms with van der Waals surface area (Å²) in [4.78, 5) is 11.9. The molecule has 0 aliphatic carbocycles. The molecular formula is C19H18N6O4. The van der Waals surface area contributed by atoms with Gasteiger partial charge in [0.05, 0.1) is 13.7 Å². The van der Waals surface area contributed by atoms with E-state index in [1.165, 1.54) is 0 Å². The van der Waals surface area contributed by atoms with Gasteiger partial charge in [-0.25, -0.2) is 0 Å². The molecule has 1 amide bonds. The van der Waals surface area contributed by atoms with Gasteiger partial charge in [0.15, 0.2) is 17.2 Å². The van der Waals surface area contributed by atoms with E-state index in [2.05, 4.69) is 25.8 Å². The predicted molar refractivity (Wildman–Crippen MR) is 102 cm³/mol. The van der Waals surface area contributed by atoms with Gasteiger partial charge in [0.25, 0.3) is 5.91 Å². The van der Waals surface area contributed by atoms with Crippen LogP contribution in [0.1, 0.15) is 16.2 Å². The van der Waals surface area contributed by atoms with Crippen LogP contribution in [-0.2, 0) is 0 Å². The third-order valence-corrected chi connectivity index (χ3v) is 4.06. The highest BCUT2D eigenvalue weighted by Crippen LogP contribution is 2.23. The molecule has 0 atom stereocenters. The molecule has 29 heavy (non-hydrogen) atoms. The van der Waals surface area contributed by atoms with Crippen LogP contribution in [0, 0.1) is 6.92 Å². The fourth-order valence-corrected chi connectivity index (χ4v) is 2.68. The van der Waals surface area contributed by atoms with Gasteiger partial charge in [0, 0.05) is 17.7 Å². The van der Waals surface area contributed by atoms with E-state index < -0.39 is 0 Å². The Bertz CT molecular complexity index is 1150. The van der Waals surface area contributed by atoms with Gasteiger partial charge in [-0.3, -0.25) is 4.79 Å². The molecule has 0 fully saturated rings.